The van der Waals surface area contributed by atoms with Crippen LogP contribution in [0.15, 0.2) is 53.4 Å². The highest BCUT2D eigenvalue weighted by Gasteiger charge is 2.06. The molecule has 2 rings (SSSR count). The summed E-state index contributed by atoms with van der Waals surface area (Å²) in [6.45, 7) is 2.38. The molecule has 0 spiro atoms. The van der Waals surface area contributed by atoms with Crippen LogP contribution in [0.5, 0.6) is 0 Å². The van der Waals surface area contributed by atoms with Crippen LogP contribution in [0.4, 0.5) is 10.5 Å². The second kappa shape index (κ2) is 12.7. The summed E-state index contributed by atoms with van der Waals surface area (Å²) in [5.41, 5.74) is 2.84. The van der Waals surface area contributed by atoms with Crippen LogP contribution >= 0.6 is 33.3 Å². The molecule has 1 atom stereocenters. The molecule has 0 fully saturated rings. The molecule has 8 heteroatoms. The summed E-state index contributed by atoms with van der Waals surface area (Å²) in [5, 5.41) is 11.9. The molecule has 5 nitrogen and oxygen atoms in total. The van der Waals surface area contributed by atoms with Gasteiger partial charge < -0.3 is 9.84 Å². The minimum Gasteiger partial charge on any atom is -0.481 e. The van der Waals surface area contributed by atoms with E-state index in [0.717, 1.165) is 16.9 Å². The summed E-state index contributed by atoms with van der Waals surface area (Å²) in [5.74, 6) is -0.229. The van der Waals surface area contributed by atoms with E-state index in [1.165, 1.54) is 27.2 Å². The lowest BCUT2D eigenvalue weighted by Gasteiger charge is -2.10. The third-order valence-electron chi connectivity index (χ3n) is 3.97. The van der Waals surface area contributed by atoms with Crippen molar-refractivity contribution in [2.75, 3.05) is 17.3 Å². The van der Waals surface area contributed by atoms with E-state index < -0.39 is 12.1 Å². The summed E-state index contributed by atoms with van der Waals surface area (Å²) in [4.78, 5) is 23.5. The van der Waals surface area contributed by atoms with Crippen LogP contribution < -0.4 is 5.32 Å². The van der Waals surface area contributed by atoms with Crippen LogP contribution in [0.25, 0.3) is 0 Å². The van der Waals surface area contributed by atoms with Crippen LogP contribution in [-0.4, -0.2) is 34.4 Å². The Bertz CT molecular complexity index is 782. The second-order valence-electron chi connectivity index (χ2n) is 6.34. The highest BCUT2D eigenvalue weighted by atomic mass is 33.1. The highest BCUT2D eigenvalue weighted by molar-refractivity contribution is 8.76. The number of benzene rings is 2. The Morgan fingerprint density at radius 1 is 1.07 bits per heavy atom. The zero-order valence-corrected chi connectivity index (χ0v) is 18.9. The molecule has 0 aliphatic rings. The van der Waals surface area contributed by atoms with Crippen LogP contribution in [0, 0.1) is 0 Å². The molecular formula is C21H25NO4S3. The first-order chi connectivity index (χ1) is 14.0. The minimum atomic E-state index is -0.787. The topological polar surface area (TPSA) is 75.6 Å². The monoisotopic (exact) mass is 451 g/mol. The van der Waals surface area contributed by atoms with Crippen molar-refractivity contribution in [1.82, 2.24) is 0 Å². The minimum absolute atomic E-state index is 0.151. The van der Waals surface area contributed by atoms with Crippen LogP contribution in [0.2, 0.25) is 0 Å². The number of amides is 1. The lowest BCUT2D eigenvalue weighted by atomic mass is 10.1. The predicted molar refractivity (Wildman–Crippen MR) is 124 cm³/mol. The van der Waals surface area contributed by atoms with Gasteiger partial charge in [-0.3, -0.25) is 10.1 Å². The van der Waals surface area contributed by atoms with Crippen molar-refractivity contribution in [3.8, 4) is 0 Å². The molecule has 0 saturated carbocycles. The van der Waals surface area contributed by atoms with E-state index in [0.29, 0.717) is 16.7 Å². The number of nitrogens with one attached hydrogen (secondary N) is 1. The van der Waals surface area contributed by atoms with Gasteiger partial charge in [0.05, 0.1) is 6.42 Å². The average molecular weight is 452 g/mol. The van der Waals surface area contributed by atoms with Gasteiger partial charge >= 0.3 is 12.1 Å². The Labute approximate surface area is 183 Å². The van der Waals surface area contributed by atoms with Crippen molar-refractivity contribution in [3.05, 3.63) is 59.7 Å². The molecule has 0 saturated heterocycles. The second-order valence-corrected chi connectivity index (χ2v) is 10.1. The number of ether oxygens (including phenoxy) is 1. The highest BCUT2D eigenvalue weighted by Crippen LogP contribution is 2.31. The Balaban J connectivity index is 1.72. The maximum absolute atomic E-state index is 12.0. The van der Waals surface area contributed by atoms with E-state index in [2.05, 4.69) is 18.5 Å². The summed E-state index contributed by atoms with van der Waals surface area (Å²) < 4.78 is 5.28. The summed E-state index contributed by atoms with van der Waals surface area (Å²) in [6, 6.07) is 15.5. The molecule has 2 aromatic carbocycles. The van der Waals surface area contributed by atoms with Crippen molar-refractivity contribution < 1.29 is 19.4 Å². The van der Waals surface area contributed by atoms with Gasteiger partial charge in [0.1, 0.15) is 6.61 Å². The fraction of sp³-hybridized carbons (Fsp3) is 0.333. The SMILES string of the molecule is CSC(C)Cc1ccc(NC(=O)OCc2ccc(SSCCC(=O)O)cc2)cc1. The van der Waals surface area contributed by atoms with Gasteiger partial charge in [0.15, 0.2) is 0 Å². The molecule has 0 bridgehead atoms. The number of anilines is 1. The lowest BCUT2D eigenvalue weighted by molar-refractivity contribution is -0.136. The maximum Gasteiger partial charge on any atom is 0.411 e. The molecule has 0 radical (unpaired) electrons. The Morgan fingerprint density at radius 2 is 1.72 bits per heavy atom. The van der Waals surface area contributed by atoms with E-state index in [9.17, 15) is 9.59 Å². The van der Waals surface area contributed by atoms with Gasteiger partial charge in [-0.15, -0.1) is 0 Å². The Kier molecular flexibility index (Phi) is 10.3. The number of thioether (sulfide) groups is 1. The van der Waals surface area contributed by atoms with Gasteiger partial charge in [-0.25, -0.2) is 4.79 Å². The van der Waals surface area contributed by atoms with E-state index >= 15 is 0 Å². The first-order valence-corrected chi connectivity index (χ1v) is 12.7. The largest absolute Gasteiger partial charge is 0.481 e. The smallest absolute Gasteiger partial charge is 0.411 e. The normalized spacial score (nSPS) is 11.7. The lowest BCUT2D eigenvalue weighted by Crippen LogP contribution is -2.13. The quantitative estimate of drug-likeness (QED) is 0.323. The van der Waals surface area contributed by atoms with E-state index in [1.807, 2.05) is 60.3 Å². The van der Waals surface area contributed by atoms with Crippen molar-refractivity contribution >= 4 is 51.1 Å². The van der Waals surface area contributed by atoms with Gasteiger partial charge in [-0.1, -0.05) is 52.8 Å². The van der Waals surface area contributed by atoms with Gasteiger partial charge in [0.2, 0.25) is 0 Å². The summed E-state index contributed by atoms with van der Waals surface area (Å²) in [7, 11) is 3.04. The van der Waals surface area contributed by atoms with Gasteiger partial charge in [-0.05, 0) is 48.1 Å². The van der Waals surface area contributed by atoms with Crippen molar-refractivity contribution in [1.29, 1.82) is 0 Å². The fourth-order valence-corrected chi connectivity index (χ4v) is 4.65. The Hall–Kier alpha value is -1.77. The van der Waals surface area contributed by atoms with Crippen molar-refractivity contribution in [2.24, 2.45) is 0 Å². The fourth-order valence-electron chi connectivity index (χ4n) is 2.32. The predicted octanol–water partition coefficient (Wildman–Crippen LogP) is 5.94. The number of hydrogen-bond acceptors (Lipinski definition) is 6. The van der Waals surface area contributed by atoms with E-state index in [4.69, 9.17) is 9.84 Å². The van der Waals surface area contributed by atoms with Crippen LogP contribution in [0.1, 0.15) is 24.5 Å². The first kappa shape index (κ1) is 23.5. The number of carboxylic acid groups (broad SMARTS) is 1. The zero-order valence-electron chi connectivity index (χ0n) is 16.4. The maximum atomic E-state index is 12.0. The average Bonchev–Trinajstić information content (AvgIpc) is 2.71. The number of hydrogen-bond donors (Lipinski definition) is 2. The molecule has 1 unspecified atom stereocenters. The Morgan fingerprint density at radius 3 is 2.34 bits per heavy atom. The van der Waals surface area contributed by atoms with Gasteiger partial charge in [-0.2, -0.15) is 11.8 Å². The van der Waals surface area contributed by atoms with E-state index in [1.54, 1.807) is 0 Å². The molecule has 2 N–H and O–H groups in total. The standard InChI is InChI=1S/C21H25NO4S3/c1-15(27-2)13-16-3-7-18(8-4-16)22-21(25)26-14-17-5-9-19(10-6-17)29-28-12-11-20(23)24/h3-10,15H,11-14H2,1-2H3,(H,22,25)(H,23,24). The van der Waals surface area contributed by atoms with E-state index in [-0.39, 0.29) is 13.0 Å². The molecule has 0 aromatic heterocycles. The zero-order chi connectivity index (χ0) is 21.1. The molecule has 0 heterocycles. The summed E-state index contributed by atoms with van der Waals surface area (Å²) in [6.07, 6.45) is 2.76. The molecule has 2 aromatic rings. The first-order valence-electron chi connectivity index (χ1n) is 9.12. The number of carbonyl (C=O) groups is 2. The number of carboxylic acids is 1. The van der Waals surface area contributed by atoms with Gasteiger partial charge in [0, 0.05) is 21.6 Å². The molecule has 156 valence electrons. The number of aliphatic carboxylic acids is 1. The number of rotatable bonds is 11. The molecule has 29 heavy (non-hydrogen) atoms. The summed E-state index contributed by atoms with van der Waals surface area (Å²) >= 11 is 1.83. The van der Waals surface area contributed by atoms with Gasteiger partial charge in [0.25, 0.3) is 0 Å². The molecule has 0 aliphatic carbocycles. The number of carbonyl (C=O) groups excluding carboxylic acids is 1. The van der Waals surface area contributed by atoms with Crippen LogP contribution in [0.3, 0.4) is 0 Å². The molecular weight excluding hydrogens is 426 g/mol. The van der Waals surface area contributed by atoms with Crippen molar-refractivity contribution in [2.45, 2.75) is 36.5 Å². The third kappa shape index (κ3) is 9.51. The molecule has 0 aliphatic heterocycles. The van der Waals surface area contributed by atoms with Crippen LogP contribution in [-0.2, 0) is 22.6 Å². The van der Waals surface area contributed by atoms with Crippen molar-refractivity contribution in [3.63, 3.8) is 0 Å². The molecule has 1 amide bonds. The third-order valence-corrected chi connectivity index (χ3v) is 7.33.